The number of alkyl halides is 1. The predicted octanol–water partition coefficient (Wildman–Crippen LogP) is 3.02. The molecule has 0 saturated heterocycles. The van der Waals surface area contributed by atoms with Crippen molar-refractivity contribution < 1.29 is 9.72 Å². The third kappa shape index (κ3) is 3.26. The fourth-order valence-corrected chi connectivity index (χ4v) is 1.33. The second-order valence-electron chi connectivity index (χ2n) is 4.13. The minimum absolute atomic E-state index is 0.00446. The van der Waals surface area contributed by atoms with Gasteiger partial charge in [-0.1, -0.05) is 22.0 Å². The van der Waals surface area contributed by atoms with Gasteiger partial charge in [0.05, 0.1) is 20.5 Å². The van der Waals surface area contributed by atoms with E-state index in [1.165, 1.54) is 6.07 Å². The minimum Gasteiger partial charge on any atom is -0.324 e. The summed E-state index contributed by atoms with van der Waals surface area (Å²) in [5.41, 5.74) is 0.898. The molecule has 1 N–H and O–H groups in total. The quantitative estimate of drug-likeness (QED) is 0.530. The van der Waals surface area contributed by atoms with Gasteiger partial charge in [0.15, 0.2) is 0 Å². The molecule has 92 valence electrons. The first-order valence-corrected chi connectivity index (χ1v) is 5.77. The smallest absolute Gasteiger partial charge is 0.274 e. The van der Waals surface area contributed by atoms with Crippen molar-refractivity contribution in [1.82, 2.24) is 0 Å². The molecule has 1 aromatic carbocycles. The molecule has 0 aliphatic carbocycles. The number of nitro benzene ring substituents is 1. The van der Waals surface area contributed by atoms with E-state index in [0.29, 0.717) is 11.3 Å². The van der Waals surface area contributed by atoms with Crippen molar-refractivity contribution in [3.8, 4) is 0 Å². The van der Waals surface area contributed by atoms with E-state index in [-0.39, 0.29) is 11.6 Å². The number of nitrogens with zero attached hydrogens (tertiary/aromatic N) is 1. The average molecular weight is 301 g/mol. The molecule has 0 atom stereocenters. The fraction of sp³-hybridized carbons (Fsp3) is 0.364. The molecule has 1 rings (SSSR count). The van der Waals surface area contributed by atoms with Crippen molar-refractivity contribution in [2.24, 2.45) is 0 Å². The predicted molar refractivity (Wildman–Crippen MR) is 69.5 cm³/mol. The van der Waals surface area contributed by atoms with Crippen molar-refractivity contribution in [3.05, 3.63) is 33.9 Å². The molecule has 0 heterocycles. The van der Waals surface area contributed by atoms with Crippen LogP contribution in [0.2, 0.25) is 0 Å². The minimum atomic E-state index is -0.718. The van der Waals surface area contributed by atoms with Gasteiger partial charge < -0.3 is 5.32 Å². The van der Waals surface area contributed by atoms with Crippen molar-refractivity contribution in [3.63, 3.8) is 0 Å². The summed E-state index contributed by atoms with van der Waals surface area (Å²) >= 11 is 3.23. The maximum Gasteiger partial charge on any atom is 0.274 e. The number of anilines is 1. The number of carbonyl (C=O) groups excluding carboxylic acids is 1. The molecule has 0 radical (unpaired) electrons. The lowest BCUT2D eigenvalue weighted by molar-refractivity contribution is -0.385. The first-order valence-electron chi connectivity index (χ1n) is 4.98. The van der Waals surface area contributed by atoms with Crippen LogP contribution in [-0.4, -0.2) is 15.2 Å². The van der Waals surface area contributed by atoms with Gasteiger partial charge in [0.25, 0.3) is 5.69 Å². The van der Waals surface area contributed by atoms with Crippen LogP contribution in [-0.2, 0) is 4.79 Å². The highest BCUT2D eigenvalue weighted by molar-refractivity contribution is 9.10. The number of rotatable bonds is 3. The molecule has 6 heteroatoms. The number of hydrogen-bond donors (Lipinski definition) is 1. The number of nitro groups is 1. The van der Waals surface area contributed by atoms with Gasteiger partial charge in [-0.05, 0) is 26.8 Å². The Labute approximate surface area is 107 Å². The van der Waals surface area contributed by atoms with E-state index in [9.17, 15) is 14.9 Å². The molecule has 0 saturated carbocycles. The maximum absolute atomic E-state index is 11.7. The summed E-state index contributed by atoms with van der Waals surface area (Å²) in [4.78, 5) is 22.0. The molecule has 0 spiro atoms. The van der Waals surface area contributed by atoms with Crippen LogP contribution < -0.4 is 5.32 Å². The second kappa shape index (κ2) is 4.83. The summed E-state index contributed by atoms with van der Waals surface area (Å²) in [5.74, 6) is -0.249. The van der Waals surface area contributed by atoms with Gasteiger partial charge >= 0.3 is 0 Å². The van der Waals surface area contributed by atoms with Crippen LogP contribution in [0.3, 0.4) is 0 Å². The lowest BCUT2D eigenvalue weighted by Gasteiger charge is -2.16. The van der Waals surface area contributed by atoms with Crippen molar-refractivity contribution >= 4 is 33.2 Å². The van der Waals surface area contributed by atoms with Crippen molar-refractivity contribution in [1.29, 1.82) is 0 Å². The molecule has 5 nitrogen and oxygen atoms in total. The Hall–Kier alpha value is -1.43. The van der Waals surface area contributed by atoms with Gasteiger partial charge in [0, 0.05) is 6.07 Å². The molecule has 0 aliphatic heterocycles. The van der Waals surface area contributed by atoms with Crippen LogP contribution in [0.4, 0.5) is 11.4 Å². The number of carbonyl (C=O) groups is 1. The molecule has 0 fully saturated rings. The zero-order chi connectivity index (χ0) is 13.2. The molecule has 1 amide bonds. The van der Waals surface area contributed by atoms with E-state index >= 15 is 0 Å². The highest BCUT2D eigenvalue weighted by Crippen LogP contribution is 2.26. The summed E-state index contributed by atoms with van der Waals surface area (Å²) in [6.45, 7) is 5.01. The largest absolute Gasteiger partial charge is 0.324 e. The topological polar surface area (TPSA) is 72.2 Å². The Kier molecular flexibility index (Phi) is 3.87. The monoisotopic (exact) mass is 300 g/mol. The number of amides is 1. The Bertz CT molecular complexity index is 466. The standard InChI is InChI=1S/C11H13BrN2O3/c1-7-8(13-10(15)11(2,3)12)5-4-6-9(7)14(16)17/h4-6H,1-3H3,(H,13,15). The van der Waals surface area contributed by atoms with Gasteiger partial charge in [-0.15, -0.1) is 0 Å². The van der Waals surface area contributed by atoms with Gasteiger partial charge in [-0.2, -0.15) is 0 Å². The summed E-state index contributed by atoms with van der Waals surface area (Å²) in [5, 5.41) is 13.4. The summed E-state index contributed by atoms with van der Waals surface area (Å²) in [6, 6.07) is 4.59. The first-order chi connectivity index (χ1) is 7.73. The zero-order valence-corrected chi connectivity index (χ0v) is 11.4. The van der Waals surface area contributed by atoms with Crippen LogP contribution in [0.5, 0.6) is 0 Å². The molecular weight excluding hydrogens is 288 g/mol. The first kappa shape index (κ1) is 13.6. The third-order valence-corrected chi connectivity index (χ3v) is 2.65. The Morgan fingerprint density at radius 3 is 2.53 bits per heavy atom. The van der Waals surface area contributed by atoms with E-state index in [1.54, 1.807) is 32.9 Å². The van der Waals surface area contributed by atoms with Gasteiger partial charge in [-0.25, -0.2) is 0 Å². The number of hydrogen-bond acceptors (Lipinski definition) is 3. The number of halogens is 1. The van der Waals surface area contributed by atoms with Crippen molar-refractivity contribution in [2.75, 3.05) is 5.32 Å². The Morgan fingerprint density at radius 1 is 1.47 bits per heavy atom. The molecule has 0 aliphatic rings. The molecular formula is C11H13BrN2O3. The Balaban J connectivity index is 3.05. The Morgan fingerprint density at radius 2 is 2.06 bits per heavy atom. The fourth-order valence-electron chi connectivity index (χ4n) is 1.23. The molecule has 0 unspecified atom stereocenters. The zero-order valence-electron chi connectivity index (χ0n) is 9.78. The summed E-state index contributed by atoms with van der Waals surface area (Å²) < 4.78 is -0.718. The summed E-state index contributed by atoms with van der Waals surface area (Å²) in [7, 11) is 0. The molecule has 1 aromatic rings. The number of benzene rings is 1. The maximum atomic E-state index is 11.7. The molecule has 0 bridgehead atoms. The van der Waals surface area contributed by atoms with E-state index in [1.807, 2.05) is 0 Å². The van der Waals surface area contributed by atoms with Crippen molar-refractivity contribution in [2.45, 2.75) is 25.1 Å². The van der Waals surface area contributed by atoms with Crippen LogP contribution in [0.1, 0.15) is 19.4 Å². The summed E-state index contributed by atoms with van der Waals surface area (Å²) in [6.07, 6.45) is 0. The van der Waals surface area contributed by atoms with Crippen LogP contribution >= 0.6 is 15.9 Å². The van der Waals surface area contributed by atoms with E-state index in [0.717, 1.165) is 0 Å². The number of nitrogens with one attached hydrogen (secondary N) is 1. The van der Waals surface area contributed by atoms with E-state index in [2.05, 4.69) is 21.2 Å². The van der Waals surface area contributed by atoms with E-state index in [4.69, 9.17) is 0 Å². The highest BCUT2D eigenvalue weighted by Gasteiger charge is 2.25. The lowest BCUT2D eigenvalue weighted by atomic mass is 10.1. The highest BCUT2D eigenvalue weighted by atomic mass is 79.9. The SMILES string of the molecule is Cc1c(NC(=O)C(C)(C)Br)cccc1[N+](=O)[O-]. The van der Waals surface area contributed by atoms with Crippen LogP contribution in [0.15, 0.2) is 18.2 Å². The molecule has 17 heavy (non-hydrogen) atoms. The van der Waals surface area contributed by atoms with E-state index < -0.39 is 9.25 Å². The van der Waals surface area contributed by atoms with Gasteiger partial charge in [0.2, 0.25) is 5.91 Å². The van der Waals surface area contributed by atoms with Crippen LogP contribution in [0.25, 0.3) is 0 Å². The normalized spacial score (nSPS) is 11.1. The second-order valence-corrected chi connectivity index (χ2v) is 6.12. The average Bonchev–Trinajstić information content (AvgIpc) is 2.19. The van der Waals surface area contributed by atoms with Gasteiger partial charge in [0.1, 0.15) is 0 Å². The van der Waals surface area contributed by atoms with Gasteiger partial charge in [-0.3, -0.25) is 14.9 Å². The third-order valence-electron chi connectivity index (χ3n) is 2.29. The van der Waals surface area contributed by atoms with Crippen LogP contribution in [0, 0.1) is 17.0 Å². The molecule has 0 aromatic heterocycles. The lowest BCUT2D eigenvalue weighted by Crippen LogP contribution is -2.31.